The third kappa shape index (κ3) is 4.70. The molecule has 0 aromatic heterocycles. The highest BCUT2D eigenvalue weighted by atomic mass is 35.5. The van der Waals surface area contributed by atoms with Crippen molar-refractivity contribution in [2.45, 2.75) is 25.8 Å². The number of nitrogens with one attached hydrogen (secondary N) is 1. The van der Waals surface area contributed by atoms with Gasteiger partial charge in [0.25, 0.3) is 11.8 Å². The molecule has 2 aromatic carbocycles. The summed E-state index contributed by atoms with van der Waals surface area (Å²) in [5.74, 6) is 0.127. The van der Waals surface area contributed by atoms with E-state index in [0.717, 1.165) is 17.6 Å². The Labute approximate surface area is 193 Å². The van der Waals surface area contributed by atoms with Gasteiger partial charge in [0.05, 0.1) is 5.54 Å². The van der Waals surface area contributed by atoms with Crippen LogP contribution >= 0.6 is 11.6 Å². The number of carbonyl (C=O) groups excluding carboxylic acids is 2. The van der Waals surface area contributed by atoms with Gasteiger partial charge in [-0.1, -0.05) is 48.0 Å². The first-order valence-electron chi connectivity index (χ1n) is 10.8. The fraction of sp³-hybridized carbons (Fsp3) is 0.320. The van der Waals surface area contributed by atoms with Crippen molar-refractivity contribution in [2.24, 2.45) is 4.99 Å². The quantitative estimate of drug-likeness (QED) is 0.772. The Bertz CT molecular complexity index is 1080. The second-order valence-electron chi connectivity index (χ2n) is 8.67. The van der Waals surface area contributed by atoms with Crippen LogP contribution in [0.2, 0.25) is 5.02 Å². The lowest BCUT2D eigenvalue weighted by atomic mass is 9.97. The minimum Gasteiger partial charge on any atom is -0.342 e. The third-order valence-electron chi connectivity index (χ3n) is 5.89. The van der Waals surface area contributed by atoms with Crippen LogP contribution in [0.3, 0.4) is 0 Å². The summed E-state index contributed by atoms with van der Waals surface area (Å²) in [4.78, 5) is 34.4. The molecule has 0 spiro atoms. The number of amidine groups is 1. The Morgan fingerprint density at radius 1 is 1.03 bits per heavy atom. The minimum absolute atomic E-state index is 0.0759. The topological polar surface area (TPSA) is 65.0 Å². The first kappa shape index (κ1) is 22.1. The van der Waals surface area contributed by atoms with Crippen LogP contribution in [0.5, 0.6) is 0 Å². The van der Waals surface area contributed by atoms with Gasteiger partial charge in [-0.3, -0.25) is 14.6 Å². The molecule has 2 aromatic rings. The van der Waals surface area contributed by atoms with Crippen molar-refractivity contribution >= 4 is 34.8 Å². The molecule has 0 bridgehead atoms. The van der Waals surface area contributed by atoms with Crippen LogP contribution in [0.1, 0.15) is 36.2 Å². The first-order chi connectivity index (χ1) is 15.3. The second kappa shape index (κ2) is 9.17. The highest BCUT2D eigenvalue weighted by molar-refractivity contribution is 6.38. The molecule has 0 atom stereocenters. The lowest BCUT2D eigenvalue weighted by Gasteiger charge is -2.47. The summed E-state index contributed by atoms with van der Waals surface area (Å²) in [7, 11) is 0. The van der Waals surface area contributed by atoms with Crippen molar-refractivity contribution < 1.29 is 9.59 Å². The zero-order valence-electron chi connectivity index (χ0n) is 18.3. The maximum Gasteiger partial charge on any atom is 0.289 e. The van der Waals surface area contributed by atoms with E-state index in [9.17, 15) is 9.59 Å². The number of nitrogens with zero attached hydrogens (tertiary/aromatic N) is 3. The minimum atomic E-state index is -0.536. The summed E-state index contributed by atoms with van der Waals surface area (Å²) < 4.78 is 0. The maximum atomic E-state index is 13.3. The lowest BCUT2D eigenvalue weighted by Crippen LogP contribution is -2.63. The maximum absolute atomic E-state index is 13.3. The lowest BCUT2D eigenvalue weighted by molar-refractivity contribution is -0.132. The molecule has 2 aliphatic rings. The van der Waals surface area contributed by atoms with Gasteiger partial charge < -0.3 is 15.1 Å². The van der Waals surface area contributed by atoms with Crippen LogP contribution in [0, 0.1) is 0 Å². The van der Waals surface area contributed by atoms with Crippen molar-refractivity contribution in [3.63, 3.8) is 0 Å². The van der Waals surface area contributed by atoms with Gasteiger partial charge in [-0.2, -0.15) is 0 Å². The standard InChI is InChI=1S/C25H27ClN4O2/c1-25(2)17-29(23(31)19-9-6-10-21(26)15-19)13-14-30(25)24(32)22-27-12-11-20(16-28-22)18-7-4-3-5-8-18/h3-10,15-16H,11-14,17H2,1-2H3,(H,27,28). The molecule has 2 amide bonds. The van der Waals surface area contributed by atoms with Crippen LogP contribution in [0.4, 0.5) is 0 Å². The zero-order chi connectivity index (χ0) is 22.7. The number of rotatable bonds is 3. The second-order valence-corrected chi connectivity index (χ2v) is 9.10. The van der Waals surface area contributed by atoms with Gasteiger partial charge in [-0.25, -0.2) is 0 Å². The molecule has 0 unspecified atom stereocenters. The summed E-state index contributed by atoms with van der Waals surface area (Å²) in [6.45, 7) is 5.83. The SMILES string of the molecule is CC1(C)CN(C(=O)c2cccc(Cl)c2)CCN1C(=O)C1=NCCC(c2ccccc2)=CN1. The summed E-state index contributed by atoms with van der Waals surface area (Å²) in [6, 6.07) is 17.1. The molecular formula is C25H27ClN4O2. The van der Waals surface area contributed by atoms with E-state index in [2.05, 4.69) is 22.4 Å². The molecule has 7 heteroatoms. The van der Waals surface area contributed by atoms with Crippen LogP contribution < -0.4 is 5.32 Å². The largest absolute Gasteiger partial charge is 0.342 e. The van der Waals surface area contributed by atoms with E-state index in [1.165, 1.54) is 0 Å². The van der Waals surface area contributed by atoms with Crippen molar-refractivity contribution in [3.8, 4) is 0 Å². The number of aliphatic imine (C=N–C) groups is 1. The Hall–Kier alpha value is -3.12. The normalized spacial score (nSPS) is 18.2. The molecule has 166 valence electrons. The van der Waals surface area contributed by atoms with Gasteiger partial charge in [-0.15, -0.1) is 0 Å². The van der Waals surface area contributed by atoms with Crippen LogP contribution in [0.25, 0.3) is 5.57 Å². The number of piperazine rings is 1. The van der Waals surface area contributed by atoms with Gasteiger partial charge in [0.1, 0.15) is 0 Å². The molecule has 0 radical (unpaired) electrons. The van der Waals surface area contributed by atoms with Gasteiger partial charge in [0.15, 0.2) is 5.84 Å². The van der Waals surface area contributed by atoms with Crippen molar-refractivity contribution in [3.05, 3.63) is 76.9 Å². The van der Waals surface area contributed by atoms with E-state index < -0.39 is 5.54 Å². The fourth-order valence-corrected chi connectivity index (χ4v) is 4.40. The predicted octanol–water partition coefficient (Wildman–Crippen LogP) is 3.84. The molecular weight excluding hydrogens is 424 g/mol. The number of hydrogen-bond acceptors (Lipinski definition) is 4. The predicted molar refractivity (Wildman–Crippen MR) is 128 cm³/mol. The number of carbonyl (C=O) groups is 2. The Kier molecular flexibility index (Phi) is 6.33. The Morgan fingerprint density at radius 3 is 2.53 bits per heavy atom. The van der Waals surface area contributed by atoms with Crippen LogP contribution in [0.15, 0.2) is 65.8 Å². The van der Waals surface area contributed by atoms with Crippen LogP contribution in [-0.4, -0.2) is 59.2 Å². The smallest absolute Gasteiger partial charge is 0.289 e. The molecule has 32 heavy (non-hydrogen) atoms. The number of benzene rings is 2. The summed E-state index contributed by atoms with van der Waals surface area (Å²) in [5.41, 5.74) is 2.26. The van der Waals surface area contributed by atoms with Crippen LogP contribution in [-0.2, 0) is 4.79 Å². The molecule has 2 aliphatic heterocycles. The highest BCUT2D eigenvalue weighted by Gasteiger charge is 2.40. The van der Waals surface area contributed by atoms with Gasteiger partial charge in [0.2, 0.25) is 0 Å². The molecule has 0 saturated carbocycles. The summed E-state index contributed by atoms with van der Waals surface area (Å²) in [6.07, 6.45) is 2.64. The zero-order valence-corrected chi connectivity index (χ0v) is 19.1. The van der Waals surface area contributed by atoms with Gasteiger partial charge >= 0.3 is 0 Å². The van der Waals surface area contributed by atoms with E-state index in [1.54, 1.807) is 29.2 Å². The first-order valence-corrected chi connectivity index (χ1v) is 11.2. The number of halogens is 1. The van der Waals surface area contributed by atoms with Crippen molar-refractivity contribution in [1.29, 1.82) is 0 Å². The molecule has 1 saturated heterocycles. The summed E-state index contributed by atoms with van der Waals surface area (Å²) in [5, 5.41) is 3.66. The average Bonchev–Trinajstić information content (AvgIpc) is 3.04. The third-order valence-corrected chi connectivity index (χ3v) is 6.12. The molecule has 1 fully saturated rings. The fourth-order valence-electron chi connectivity index (χ4n) is 4.21. The van der Waals surface area contributed by atoms with Crippen molar-refractivity contribution in [2.75, 3.05) is 26.2 Å². The molecule has 4 rings (SSSR count). The molecule has 6 nitrogen and oxygen atoms in total. The Morgan fingerprint density at radius 2 is 1.81 bits per heavy atom. The monoisotopic (exact) mass is 450 g/mol. The van der Waals surface area contributed by atoms with Crippen molar-refractivity contribution in [1.82, 2.24) is 15.1 Å². The van der Waals surface area contributed by atoms with E-state index in [1.807, 2.05) is 43.1 Å². The molecule has 2 heterocycles. The molecule has 1 N–H and O–H groups in total. The highest BCUT2D eigenvalue weighted by Crippen LogP contribution is 2.24. The molecule has 0 aliphatic carbocycles. The van der Waals surface area contributed by atoms with E-state index in [0.29, 0.717) is 42.6 Å². The average molecular weight is 451 g/mol. The van der Waals surface area contributed by atoms with Gasteiger partial charge in [0, 0.05) is 43.0 Å². The van der Waals surface area contributed by atoms with E-state index >= 15 is 0 Å². The number of hydrogen-bond donors (Lipinski definition) is 1. The Balaban J connectivity index is 1.45. The number of amides is 2. The summed E-state index contributed by atoms with van der Waals surface area (Å²) >= 11 is 6.05. The van der Waals surface area contributed by atoms with E-state index in [4.69, 9.17) is 11.6 Å². The van der Waals surface area contributed by atoms with E-state index in [-0.39, 0.29) is 11.8 Å². The van der Waals surface area contributed by atoms with Gasteiger partial charge in [-0.05, 0) is 49.6 Å².